The Kier molecular flexibility index (Phi) is 3.66. The lowest BCUT2D eigenvalue weighted by Gasteiger charge is -2.29. The van der Waals surface area contributed by atoms with E-state index in [1.54, 1.807) is 0 Å². The molecule has 2 atom stereocenters. The molecule has 0 amide bonds. The summed E-state index contributed by atoms with van der Waals surface area (Å²) < 4.78 is 0. The summed E-state index contributed by atoms with van der Waals surface area (Å²) in [7, 11) is 2.19. The van der Waals surface area contributed by atoms with Crippen molar-refractivity contribution in [1.29, 1.82) is 0 Å². The van der Waals surface area contributed by atoms with Gasteiger partial charge in [-0.25, -0.2) is 9.97 Å². The number of likely N-dealkylation sites (tertiary alicyclic amines) is 1. The van der Waals surface area contributed by atoms with Crippen molar-refractivity contribution in [1.82, 2.24) is 14.9 Å². The molecule has 2 aliphatic rings. The van der Waals surface area contributed by atoms with Crippen molar-refractivity contribution in [3.8, 4) is 0 Å². The van der Waals surface area contributed by atoms with Gasteiger partial charge in [-0.3, -0.25) is 0 Å². The van der Waals surface area contributed by atoms with Crippen molar-refractivity contribution in [3.63, 3.8) is 0 Å². The molecule has 2 aliphatic heterocycles. The summed E-state index contributed by atoms with van der Waals surface area (Å²) in [6.45, 7) is 4.19. The van der Waals surface area contributed by atoms with Gasteiger partial charge in [0.2, 0.25) is 5.95 Å². The first-order chi connectivity index (χ1) is 9.22. The van der Waals surface area contributed by atoms with Crippen LogP contribution in [0.5, 0.6) is 0 Å². The van der Waals surface area contributed by atoms with Crippen LogP contribution in [0, 0.1) is 0 Å². The maximum Gasteiger partial charge on any atom is 0.225 e. The van der Waals surface area contributed by atoms with E-state index in [-0.39, 0.29) is 6.04 Å². The van der Waals surface area contributed by atoms with Gasteiger partial charge in [0, 0.05) is 38.1 Å². The number of nitrogens with two attached hydrogens (primary N) is 1. The molecule has 2 saturated heterocycles. The number of hydrogen-bond donors (Lipinski definition) is 1. The van der Waals surface area contributed by atoms with Gasteiger partial charge in [0.05, 0.1) is 0 Å². The van der Waals surface area contributed by atoms with Crippen LogP contribution >= 0.6 is 0 Å². The van der Waals surface area contributed by atoms with Gasteiger partial charge >= 0.3 is 0 Å². The van der Waals surface area contributed by atoms with Crippen molar-refractivity contribution in [2.75, 3.05) is 38.1 Å². The number of nitrogens with zero attached hydrogens (tertiary/aromatic N) is 4. The van der Waals surface area contributed by atoms with Gasteiger partial charge in [-0.15, -0.1) is 0 Å². The summed E-state index contributed by atoms with van der Waals surface area (Å²) in [5.41, 5.74) is 7.20. The number of rotatable bonds is 2. The fourth-order valence-corrected chi connectivity index (χ4v) is 3.11. The first-order valence-corrected chi connectivity index (χ1v) is 7.23. The second-order valence-corrected chi connectivity index (χ2v) is 5.91. The zero-order chi connectivity index (χ0) is 13.2. The summed E-state index contributed by atoms with van der Waals surface area (Å²) in [6.07, 6.45) is 7.58. The molecule has 5 heteroatoms. The maximum atomic E-state index is 5.92. The summed E-state index contributed by atoms with van der Waals surface area (Å²) in [6, 6.07) is 0.273. The van der Waals surface area contributed by atoms with Crippen LogP contribution in [-0.4, -0.2) is 54.1 Å². The Balaban J connectivity index is 1.68. The van der Waals surface area contributed by atoms with E-state index in [1.807, 2.05) is 12.4 Å². The third-order valence-electron chi connectivity index (χ3n) is 4.26. The molecule has 2 fully saturated rings. The van der Waals surface area contributed by atoms with Crippen LogP contribution in [0.4, 0.5) is 5.95 Å². The third-order valence-corrected chi connectivity index (χ3v) is 4.26. The lowest BCUT2D eigenvalue weighted by Crippen LogP contribution is -2.31. The Labute approximate surface area is 114 Å². The molecule has 1 aromatic rings. The van der Waals surface area contributed by atoms with Gasteiger partial charge in [-0.1, -0.05) is 0 Å². The molecule has 19 heavy (non-hydrogen) atoms. The summed E-state index contributed by atoms with van der Waals surface area (Å²) in [4.78, 5) is 13.6. The fraction of sp³-hybridized carbons (Fsp3) is 0.714. The third kappa shape index (κ3) is 2.87. The molecular formula is C14H23N5. The SMILES string of the molecule is CN1CCCC(c2cnc(N3CCC(N)C3)nc2)C1. The minimum atomic E-state index is 0.273. The highest BCUT2D eigenvalue weighted by Gasteiger charge is 2.23. The molecular weight excluding hydrogens is 238 g/mol. The van der Waals surface area contributed by atoms with Crippen LogP contribution in [0.25, 0.3) is 0 Å². The first-order valence-electron chi connectivity index (χ1n) is 7.23. The van der Waals surface area contributed by atoms with Gasteiger partial charge in [0.25, 0.3) is 0 Å². The van der Waals surface area contributed by atoms with Crippen molar-refractivity contribution >= 4 is 5.95 Å². The van der Waals surface area contributed by atoms with E-state index >= 15 is 0 Å². The minimum absolute atomic E-state index is 0.273. The van der Waals surface area contributed by atoms with Crippen molar-refractivity contribution < 1.29 is 0 Å². The van der Waals surface area contributed by atoms with E-state index in [0.717, 1.165) is 32.0 Å². The van der Waals surface area contributed by atoms with E-state index in [2.05, 4.69) is 26.8 Å². The zero-order valence-electron chi connectivity index (χ0n) is 11.6. The largest absolute Gasteiger partial charge is 0.339 e. The molecule has 0 saturated carbocycles. The number of anilines is 1. The molecule has 3 rings (SSSR count). The molecule has 0 radical (unpaired) electrons. The lowest BCUT2D eigenvalue weighted by atomic mass is 9.93. The number of piperidine rings is 1. The Morgan fingerprint density at radius 2 is 1.95 bits per heavy atom. The van der Waals surface area contributed by atoms with Gasteiger partial charge in [0.1, 0.15) is 0 Å². The smallest absolute Gasteiger partial charge is 0.225 e. The monoisotopic (exact) mass is 261 g/mol. The van der Waals surface area contributed by atoms with Gasteiger partial charge in [0.15, 0.2) is 0 Å². The molecule has 0 aromatic carbocycles. The standard InChI is InChI=1S/C14H23N5/c1-18-5-2-3-11(9-18)12-7-16-14(17-8-12)19-6-4-13(15)10-19/h7-8,11,13H,2-6,9-10,15H2,1H3. The average Bonchev–Trinajstić information content (AvgIpc) is 2.86. The van der Waals surface area contributed by atoms with Gasteiger partial charge < -0.3 is 15.5 Å². The van der Waals surface area contributed by atoms with Gasteiger partial charge in [-0.05, 0) is 44.3 Å². The van der Waals surface area contributed by atoms with Crippen LogP contribution in [0.15, 0.2) is 12.4 Å². The normalized spacial score (nSPS) is 28.8. The van der Waals surface area contributed by atoms with Crippen LogP contribution in [0.2, 0.25) is 0 Å². The second kappa shape index (κ2) is 5.43. The first kappa shape index (κ1) is 12.8. The second-order valence-electron chi connectivity index (χ2n) is 5.91. The van der Waals surface area contributed by atoms with E-state index in [1.165, 1.54) is 24.9 Å². The molecule has 5 nitrogen and oxygen atoms in total. The molecule has 104 valence electrons. The molecule has 2 unspecified atom stereocenters. The highest BCUT2D eigenvalue weighted by atomic mass is 15.3. The Morgan fingerprint density at radius 1 is 1.16 bits per heavy atom. The van der Waals surface area contributed by atoms with Crippen molar-refractivity contribution in [3.05, 3.63) is 18.0 Å². The Bertz CT molecular complexity index is 418. The topological polar surface area (TPSA) is 58.3 Å². The predicted molar refractivity (Wildman–Crippen MR) is 76.3 cm³/mol. The van der Waals surface area contributed by atoms with Crippen LogP contribution < -0.4 is 10.6 Å². The van der Waals surface area contributed by atoms with Crippen LogP contribution in [0.1, 0.15) is 30.7 Å². The summed E-state index contributed by atoms with van der Waals surface area (Å²) >= 11 is 0. The molecule has 3 heterocycles. The molecule has 0 spiro atoms. The summed E-state index contributed by atoms with van der Waals surface area (Å²) in [5.74, 6) is 1.43. The highest BCUT2D eigenvalue weighted by Crippen LogP contribution is 2.26. The molecule has 0 aliphatic carbocycles. The Morgan fingerprint density at radius 3 is 2.58 bits per heavy atom. The highest BCUT2D eigenvalue weighted by molar-refractivity contribution is 5.33. The molecule has 2 N–H and O–H groups in total. The van der Waals surface area contributed by atoms with E-state index in [9.17, 15) is 0 Å². The molecule has 1 aromatic heterocycles. The summed E-state index contributed by atoms with van der Waals surface area (Å²) in [5, 5.41) is 0. The predicted octanol–water partition coefficient (Wildman–Crippen LogP) is 0.823. The van der Waals surface area contributed by atoms with Crippen molar-refractivity contribution in [2.24, 2.45) is 5.73 Å². The number of hydrogen-bond acceptors (Lipinski definition) is 5. The van der Waals surface area contributed by atoms with E-state index in [4.69, 9.17) is 5.73 Å². The average molecular weight is 261 g/mol. The number of aromatic nitrogens is 2. The number of likely N-dealkylation sites (N-methyl/N-ethyl adjacent to an activating group) is 1. The maximum absolute atomic E-state index is 5.92. The minimum Gasteiger partial charge on any atom is -0.339 e. The quantitative estimate of drug-likeness (QED) is 0.854. The molecule has 0 bridgehead atoms. The van der Waals surface area contributed by atoms with E-state index in [0.29, 0.717) is 5.92 Å². The zero-order valence-corrected chi connectivity index (χ0v) is 11.6. The van der Waals surface area contributed by atoms with Crippen molar-refractivity contribution in [2.45, 2.75) is 31.2 Å². The Hall–Kier alpha value is -1.20. The van der Waals surface area contributed by atoms with Gasteiger partial charge in [-0.2, -0.15) is 0 Å². The lowest BCUT2D eigenvalue weighted by molar-refractivity contribution is 0.250. The fourth-order valence-electron chi connectivity index (χ4n) is 3.11. The van der Waals surface area contributed by atoms with Crippen LogP contribution in [0.3, 0.4) is 0 Å². The van der Waals surface area contributed by atoms with E-state index < -0.39 is 0 Å². The van der Waals surface area contributed by atoms with Crippen LogP contribution in [-0.2, 0) is 0 Å².